The fraction of sp³-hybridized carbons (Fsp3) is 0.0526. The molecule has 0 aliphatic heterocycles. The van der Waals surface area contributed by atoms with Crippen molar-refractivity contribution in [2.45, 2.75) is 4.75 Å². The van der Waals surface area contributed by atoms with E-state index in [0.29, 0.717) is 0 Å². The third-order valence-corrected chi connectivity index (χ3v) is 5.03. The molecule has 1 atom stereocenters. The Morgan fingerprint density at radius 2 is 0.864 bits per heavy atom. The summed E-state index contributed by atoms with van der Waals surface area (Å²) in [6.07, 6.45) is 0. The highest BCUT2D eigenvalue weighted by Crippen LogP contribution is 2.41. The molecule has 0 amide bonds. The minimum atomic E-state index is -2.11. The second kappa shape index (κ2) is 6.26. The molecule has 1 N–H and O–H groups in total. The predicted octanol–water partition coefficient (Wildman–Crippen LogP) is 4.20. The zero-order chi connectivity index (χ0) is 15.4. The topological polar surface area (TPSA) is 37.3 Å². The van der Waals surface area contributed by atoms with Gasteiger partial charge in [-0.1, -0.05) is 91.0 Å². The monoisotopic (exact) mass is 308 g/mol. The summed E-state index contributed by atoms with van der Waals surface area (Å²) in [6, 6.07) is 28.5. The van der Waals surface area contributed by atoms with Crippen LogP contribution in [0.4, 0.5) is 0 Å². The third-order valence-electron chi connectivity index (χ3n) is 3.80. The molecule has 0 heterocycles. The van der Waals surface area contributed by atoms with Crippen molar-refractivity contribution in [2.75, 3.05) is 0 Å². The molecule has 3 aromatic carbocycles. The molecule has 3 heteroatoms. The van der Waals surface area contributed by atoms with Gasteiger partial charge in [-0.15, -0.1) is 0 Å². The fourth-order valence-corrected chi connectivity index (χ4v) is 3.83. The van der Waals surface area contributed by atoms with Gasteiger partial charge in [0, 0.05) is 0 Å². The zero-order valence-electron chi connectivity index (χ0n) is 11.9. The predicted molar refractivity (Wildman–Crippen MR) is 90.0 cm³/mol. The fourth-order valence-electron chi connectivity index (χ4n) is 2.82. The van der Waals surface area contributed by atoms with E-state index in [1.165, 1.54) is 0 Å². The van der Waals surface area contributed by atoms with Gasteiger partial charge in [0.05, 0.1) is 0 Å². The van der Waals surface area contributed by atoms with Crippen LogP contribution in [-0.2, 0) is 15.8 Å². The maximum Gasteiger partial charge on any atom is 0.173 e. The Balaban J connectivity index is 2.37. The second-order valence-electron chi connectivity index (χ2n) is 5.03. The molecule has 1 unspecified atom stereocenters. The molecule has 110 valence electrons. The van der Waals surface area contributed by atoms with Crippen LogP contribution in [0.2, 0.25) is 0 Å². The molecule has 22 heavy (non-hydrogen) atoms. The molecule has 0 spiro atoms. The average molecular weight is 308 g/mol. The van der Waals surface area contributed by atoms with E-state index in [1.54, 1.807) is 0 Å². The van der Waals surface area contributed by atoms with Crippen LogP contribution in [-0.4, -0.2) is 8.76 Å². The summed E-state index contributed by atoms with van der Waals surface area (Å²) < 4.78 is 21.7. The van der Waals surface area contributed by atoms with Crippen LogP contribution in [0.1, 0.15) is 16.7 Å². The molecule has 3 rings (SSSR count). The van der Waals surface area contributed by atoms with E-state index in [1.807, 2.05) is 91.0 Å². The first-order valence-corrected chi connectivity index (χ1v) is 8.14. The molecule has 0 saturated heterocycles. The minimum absolute atomic E-state index is 0.799. The zero-order valence-corrected chi connectivity index (χ0v) is 12.7. The molecule has 3 aromatic rings. The van der Waals surface area contributed by atoms with Crippen molar-refractivity contribution in [1.29, 1.82) is 0 Å². The first kappa shape index (κ1) is 14.7. The van der Waals surface area contributed by atoms with Crippen molar-refractivity contribution >= 4 is 11.1 Å². The summed E-state index contributed by atoms with van der Waals surface area (Å²) in [5.41, 5.74) is 2.40. The van der Waals surface area contributed by atoms with Crippen LogP contribution in [0.25, 0.3) is 0 Å². The van der Waals surface area contributed by atoms with Gasteiger partial charge in [-0.2, -0.15) is 0 Å². The Kier molecular flexibility index (Phi) is 4.18. The maximum absolute atomic E-state index is 12.5. The summed E-state index contributed by atoms with van der Waals surface area (Å²) in [7, 11) is 0. The van der Waals surface area contributed by atoms with Crippen LogP contribution in [0.15, 0.2) is 91.0 Å². The van der Waals surface area contributed by atoms with Crippen LogP contribution in [0.5, 0.6) is 0 Å². The van der Waals surface area contributed by atoms with E-state index >= 15 is 0 Å². The van der Waals surface area contributed by atoms with Crippen molar-refractivity contribution in [2.24, 2.45) is 0 Å². The van der Waals surface area contributed by atoms with Gasteiger partial charge in [0.15, 0.2) is 11.1 Å². The minimum Gasteiger partial charge on any atom is -0.305 e. The second-order valence-corrected chi connectivity index (χ2v) is 6.14. The van der Waals surface area contributed by atoms with E-state index < -0.39 is 15.8 Å². The highest BCUT2D eigenvalue weighted by atomic mass is 32.2. The smallest absolute Gasteiger partial charge is 0.173 e. The van der Waals surface area contributed by atoms with Gasteiger partial charge in [-0.25, -0.2) is 4.21 Å². The molecule has 0 bridgehead atoms. The lowest BCUT2D eigenvalue weighted by molar-refractivity contribution is 0.539. The maximum atomic E-state index is 12.5. The lowest BCUT2D eigenvalue weighted by Gasteiger charge is -2.32. The Hall–Kier alpha value is -2.23. The standard InChI is InChI=1S/C19H16O2S/c20-22(21)19(16-10-4-1-5-11-16,17-12-6-2-7-13-17)18-14-8-3-9-15-18/h1-15H,(H,20,21). The molecule has 0 radical (unpaired) electrons. The number of benzene rings is 3. The third kappa shape index (κ3) is 2.39. The molecular formula is C19H16O2S. The summed E-state index contributed by atoms with van der Waals surface area (Å²) in [6.45, 7) is 0. The highest BCUT2D eigenvalue weighted by Gasteiger charge is 2.42. The van der Waals surface area contributed by atoms with Gasteiger partial charge in [0.2, 0.25) is 0 Å². The largest absolute Gasteiger partial charge is 0.305 e. The molecule has 0 saturated carbocycles. The van der Waals surface area contributed by atoms with Gasteiger partial charge < -0.3 is 4.55 Å². The van der Waals surface area contributed by atoms with Crippen LogP contribution in [0.3, 0.4) is 0 Å². The van der Waals surface area contributed by atoms with Crippen molar-refractivity contribution < 1.29 is 8.76 Å². The molecule has 0 aliphatic carbocycles. The van der Waals surface area contributed by atoms with Crippen molar-refractivity contribution in [3.63, 3.8) is 0 Å². The Morgan fingerprint density at radius 1 is 0.591 bits per heavy atom. The summed E-state index contributed by atoms with van der Waals surface area (Å²) in [5, 5.41) is 0. The van der Waals surface area contributed by atoms with Gasteiger partial charge in [-0.3, -0.25) is 0 Å². The SMILES string of the molecule is O=S(O)C(c1ccccc1)(c1ccccc1)c1ccccc1. The average Bonchev–Trinajstić information content (AvgIpc) is 2.58. The first-order valence-electron chi connectivity index (χ1n) is 7.04. The van der Waals surface area contributed by atoms with E-state index in [9.17, 15) is 8.76 Å². The summed E-state index contributed by atoms with van der Waals surface area (Å²) in [4.78, 5) is 0. The van der Waals surface area contributed by atoms with Crippen LogP contribution >= 0.6 is 0 Å². The van der Waals surface area contributed by atoms with Gasteiger partial charge in [0.1, 0.15) is 4.75 Å². The van der Waals surface area contributed by atoms with E-state index in [4.69, 9.17) is 0 Å². The molecule has 0 fully saturated rings. The number of hydrogen-bond donors (Lipinski definition) is 1. The van der Waals surface area contributed by atoms with Crippen LogP contribution in [0, 0.1) is 0 Å². The van der Waals surface area contributed by atoms with Crippen molar-refractivity contribution in [3.05, 3.63) is 108 Å². The summed E-state index contributed by atoms with van der Waals surface area (Å²) in [5.74, 6) is 0. The first-order chi connectivity index (χ1) is 10.8. The molecular weight excluding hydrogens is 292 g/mol. The van der Waals surface area contributed by atoms with E-state index in [0.717, 1.165) is 16.7 Å². The molecule has 0 aromatic heterocycles. The summed E-state index contributed by atoms with van der Waals surface area (Å²) >= 11 is -2.11. The quantitative estimate of drug-likeness (QED) is 0.579. The highest BCUT2D eigenvalue weighted by molar-refractivity contribution is 7.80. The Labute approximate surface area is 132 Å². The van der Waals surface area contributed by atoms with Gasteiger partial charge in [-0.05, 0) is 16.7 Å². The van der Waals surface area contributed by atoms with E-state index in [2.05, 4.69) is 0 Å². The van der Waals surface area contributed by atoms with Crippen molar-refractivity contribution in [3.8, 4) is 0 Å². The van der Waals surface area contributed by atoms with Gasteiger partial charge >= 0.3 is 0 Å². The number of rotatable bonds is 4. The Bertz CT molecular complexity index is 659. The lowest BCUT2D eigenvalue weighted by Crippen LogP contribution is -2.34. The molecule has 2 nitrogen and oxygen atoms in total. The number of hydrogen-bond acceptors (Lipinski definition) is 1. The molecule has 0 aliphatic rings. The van der Waals surface area contributed by atoms with Gasteiger partial charge in [0.25, 0.3) is 0 Å². The van der Waals surface area contributed by atoms with E-state index in [-0.39, 0.29) is 0 Å². The lowest BCUT2D eigenvalue weighted by atomic mass is 9.84. The normalized spacial score (nSPS) is 12.8. The van der Waals surface area contributed by atoms with Crippen molar-refractivity contribution in [1.82, 2.24) is 0 Å². The van der Waals surface area contributed by atoms with Crippen LogP contribution < -0.4 is 0 Å². The Morgan fingerprint density at radius 3 is 1.09 bits per heavy atom.